The van der Waals surface area contributed by atoms with Gasteiger partial charge in [0.2, 0.25) is 0 Å². The highest BCUT2D eigenvalue weighted by Crippen LogP contribution is 2.25. The van der Waals surface area contributed by atoms with Gasteiger partial charge in [0.1, 0.15) is 0 Å². The second-order valence-electron chi connectivity index (χ2n) is 3.66. The van der Waals surface area contributed by atoms with Crippen molar-refractivity contribution >= 4 is 5.82 Å². The van der Waals surface area contributed by atoms with Gasteiger partial charge in [-0.2, -0.15) is 5.10 Å². The molecule has 0 bridgehead atoms. The van der Waals surface area contributed by atoms with Crippen LogP contribution in [0.4, 0.5) is 5.82 Å². The summed E-state index contributed by atoms with van der Waals surface area (Å²) < 4.78 is 5.76. The molecule has 14 heavy (non-hydrogen) atoms. The number of nitrogen functional groups attached to an aromatic ring is 1. The van der Waals surface area contributed by atoms with E-state index < -0.39 is 0 Å². The number of hydrogen-bond acceptors (Lipinski definition) is 4. The Morgan fingerprint density at radius 2 is 2.07 bits per heavy atom. The highest BCUT2D eigenvalue weighted by atomic mass is 16.5. The molecule has 1 saturated carbocycles. The van der Waals surface area contributed by atoms with Crippen LogP contribution in [0.25, 0.3) is 0 Å². The Bertz CT molecular complexity index is 297. The SMILES string of the molecule is Nc1nnccc1OC1CCCCC1. The van der Waals surface area contributed by atoms with Gasteiger partial charge in [0.05, 0.1) is 12.3 Å². The molecule has 1 fully saturated rings. The minimum atomic E-state index is 0.315. The lowest BCUT2D eigenvalue weighted by Gasteiger charge is -2.23. The lowest BCUT2D eigenvalue weighted by atomic mass is 9.98. The van der Waals surface area contributed by atoms with E-state index in [0.29, 0.717) is 17.7 Å². The van der Waals surface area contributed by atoms with Gasteiger partial charge in [-0.3, -0.25) is 0 Å². The molecule has 1 heterocycles. The van der Waals surface area contributed by atoms with Crippen molar-refractivity contribution in [3.8, 4) is 5.75 Å². The molecule has 0 atom stereocenters. The number of anilines is 1. The van der Waals surface area contributed by atoms with Gasteiger partial charge < -0.3 is 10.5 Å². The quantitative estimate of drug-likeness (QED) is 0.777. The number of rotatable bonds is 2. The van der Waals surface area contributed by atoms with Crippen LogP contribution in [0.5, 0.6) is 5.75 Å². The lowest BCUT2D eigenvalue weighted by Crippen LogP contribution is -2.20. The molecular weight excluding hydrogens is 178 g/mol. The minimum absolute atomic E-state index is 0.315. The number of hydrogen-bond donors (Lipinski definition) is 1. The molecule has 2 N–H and O–H groups in total. The summed E-state index contributed by atoms with van der Waals surface area (Å²) in [5, 5.41) is 7.43. The largest absolute Gasteiger partial charge is 0.486 e. The average Bonchev–Trinajstić information content (AvgIpc) is 2.23. The summed E-state index contributed by atoms with van der Waals surface area (Å²) >= 11 is 0. The second-order valence-corrected chi connectivity index (χ2v) is 3.66. The van der Waals surface area contributed by atoms with Crippen molar-refractivity contribution < 1.29 is 4.74 Å². The number of nitrogens with two attached hydrogens (primary N) is 1. The van der Waals surface area contributed by atoms with Crippen molar-refractivity contribution in [2.24, 2.45) is 0 Å². The smallest absolute Gasteiger partial charge is 0.188 e. The fraction of sp³-hybridized carbons (Fsp3) is 0.600. The normalized spacial score (nSPS) is 18.0. The van der Waals surface area contributed by atoms with Crippen LogP contribution >= 0.6 is 0 Å². The third-order valence-corrected chi connectivity index (χ3v) is 2.56. The maximum absolute atomic E-state index is 5.76. The number of ether oxygens (including phenoxy) is 1. The maximum atomic E-state index is 5.76. The van der Waals surface area contributed by atoms with Crippen LogP contribution in [0.3, 0.4) is 0 Å². The zero-order chi connectivity index (χ0) is 9.80. The summed E-state index contributed by atoms with van der Waals surface area (Å²) in [6.07, 6.45) is 8.00. The van der Waals surface area contributed by atoms with E-state index in [9.17, 15) is 0 Å². The minimum Gasteiger partial charge on any atom is -0.486 e. The molecule has 2 rings (SSSR count). The van der Waals surface area contributed by atoms with E-state index in [4.69, 9.17) is 10.5 Å². The number of aromatic nitrogens is 2. The molecule has 4 nitrogen and oxygen atoms in total. The van der Waals surface area contributed by atoms with E-state index in [-0.39, 0.29) is 0 Å². The lowest BCUT2D eigenvalue weighted by molar-refractivity contribution is 0.155. The highest BCUT2D eigenvalue weighted by molar-refractivity contribution is 5.43. The van der Waals surface area contributed by atoms with Crippen molar-refractivity contribution in [3.63, 3.8) is 0 Å². The van der Waals surface area contributed by atoms with Crippen LogP contribution in [0.15, 0.2) is 12.3 Å². The Balaban J connectivity index is 1.99. The van der Waals surface area contributed by atoms with Gasteiger partial charge in [0.15, 0.2) is 11.6 Å². The first-order chi connectivity index (χ1) is 6.86. The van der Waals surface area contributed by atoms with Crippen molar-refractivity contribution in [2.75, 3.05) is 5.73 Å². The molecule has 0 saturated heterocycles. The van der Waals surface area contributed by atoms with Crippen LogP contribution in [-0.2, 0) is 0 Å². The van der Waals surface area contributed by atoms with Crippen molar-refractivity contribution in [1.82, 2.24) is 10.2 Å². The topological polar surface area (TPSA) is 61.0 Å². The Morgan fingerprint density at radius 1 is 1.29 bits per heavy atom. The van der Waals surface area contributed by atoms with Gasteiger partial charge in [-0.05, 0) is 25.7 Å². The summed E-state index contributed by atoms with van der Waals surface area (Å²) in [6.45, 7) is 0. The molecule has 0 unspecified atom stereocenters. The standard InChI is InChI=1S/C10H15N3O/c11-10-9(6-7-12-13-10)14-8-4-2-1-3-5-8/h6-8H,1-5H2,(H2,11,13). The summed E-state index contributed by atoms with van der Waals surface area (Å²) in [4.78, 5) is 0. The summed E-state index contributed by atoms with van der Waals surface area (Å²) in [7, 11) is 0. The molecule has 1 aromatic rings. The van der Waals surface area contributed by atoms with E-state index in [0.717, 1.165) is 12.8 Å². The van der Waals surface area contributed by atoms with Gasteiger partial charge in [-0.1, -0.05) is 6.42 Å². The van der Waals surface area contributed by atoms with E-state index in [1.54, 1.807) is 12.3 Å². The van der Waals surface area contributed by atoms with Crippen LogP contribution < -0.4 is 10.5 Å². The molecule has 76 valence electrons. The summed E-state index contributed by atoms with van der Waals surface area (Å²) in [5.41, 5.74) is 5.64. The zero-order valence-corrected chi connectivity index (χ0v) is 8.15. The van der Waals surface area contributed by atoms with Gasteiger partial charge in [0.25, 0.3) is 0 Å². The average molecular weight is 193 g/mol. The molecule has 1 aromatic heterocycles. The monoisotopic (exact) mass is 193 g/mol. The predicted octanol–water partition coefficient (Wildman–Crippen LogP) is 1.77. The van der Waals surface area contributed by atoms with Crippen molar-refractivity contribution in [1.29, 1.82) is 0 Å². The third-order valence-electron chi connectivity index (χ3n) is 2.56. The fourth-order valence-electron chi connectivity index (χ4n) is 1.79. The Kier molecular flexibility index (Phi) is 2.81. The first kappa shape index (κ1) is 9.24. The van der Waals surface area contributed by atoms with Crippen LogP contribution in [0.2, 0.25) is 0 Å². The van der Waals surface area contributed by atoms with E-state index in [2.05, 4.69) is 10.2 Å². The molecular formula is C10H15N3O. The molecule has 4 heteroatoms. The molecule has 0 aliphatic heterocycles. The van der Waals surface area contributed by atoms with E-state index >= 15 is 0 Å². The highest BCUT2D eigenvalue weighted by Gasteiger charge is 2.15. The molecule has 0 aromatic carbocycles. The first-order valence-electron chi connectivity index (χ1n) is 5.10. The van der Waals surface area contributed by atoms with Crippen molar-refractivity contribution in [3.05, 3.63) is 12.3 Å². The van der Waals surface area contributed by atoms with Gasteiger partial charge in [-0.25, -0.2) is 0 Å². The maximum Gasteiger partial charge on any atom is 0.188 e. The summed E-state index contributed by atoms with van der Waals surface area (Å²) in [6, 6.07) is 1.77. The van der Waals surface area contributed by atoms with E-state index in [1.807, 2.05) is 0 Å². The zero-order valence-electron chi connectivity index (χ0n) is 8.15. The molecule has 0 amide bonds. The van der Waals surface area contributed by atoms with Crippen LogP contribution in [0, 0.1) is 0 Å². The predicted molar refractivity (Wildman–Crippen MR) is 53.9 cm³/mol. The van der Waals surface area contributed by atoms with Crippen LogP contribution in [-0.4, -0.2) is 16.3 Å². The van der Waals surface area contributed by atoms with Gasteiger partial charge >= 0.3 is 0 Å². The Labute approximate surface area is 83.5 Å². The molecule has 0 radical (unpaired) electrons. The third kappa shape index (κ3) is 2.13. The fourth-order valence-corrected chi connectivity index (χ4v) is 1.79. The molecule has 0 spiro atoms. The number of nitrogens with zero attached hydrogens (tertiary/aromatic N) is 2. The molecule has 1 aliphatic rings. The Hall–Kier alpha value is -1.32. The van der Waals surface area contributed by atoms with E-state index in [1.165, 1.54) is 19.3 Å². The van der Waals surface area contributed by atoms with Gasteiger partial charge in [-0.15, -0.1) is 5.10 Å². The second kappa shape index (κ2) is 4.26. The summed E-state index contributed by atoms with van der Waals surface area (Å²) in [5.74, 6) is 1.06. The first-order valence-corrected chi connectivity index (χ1v) is 5.10. The van der Waals surface area contributed by atoms with Crippen LogP contribution in [0.1, 0.15) is 32.1 Å². The Morgan fingerprint density at radius 3 is 2.79 bits per heavy atom. The van der Waals surface area contributed by atoms with Gasteiger partial charge in [0, 0.05) is 6.07 Å². The molecule has 1 aliphatic carbocycles. The van der Waals surface area contributed by atoms with Crippen molar-refractivity contribution in [2.45, 2.75) is 38.2 Å².